The summed E-state index contributed by atoms with van der Waals surface area (Å²) in [5, 5.41) is 7.63. The van der Waals surface area contributed by atoms with Crippen LogP contribution in [0.15, 0.2) is 29.3 Å². The Morgan fingerprint density at radius 1 is 1.29 bits per heavy atom. The molecule has 0 bridgehead atoms. The van der Waals surface area contributed by atoms with Crippen LogP contribution in [0.5, 0.6) is 0 Å². The number of nitrogens with zero attached hydrogens (tertiary/aromatic N) is 2. The van der Waals surface area contributed by atoms with E-state index < -0.39 is 10.0 Å². The maximum Gasteiger partial charge on any atom is 0.211 e. The van der Waals surface area contributed by atoms with E-state index in [2.05, 4.69) is 27.8 Å². The van der Waals surface area contributed by atoms with E-state index in [1.165, 1.54) is 11.8 Å². The van der Waals surface area contributed by atoms with Crippen molar-refractivity contribution >= 4 is 51.6 Å². The quantitative estimate of drug-likeness (QED) is 0.331. The molecule has 6 nitrogen and oxygen atoms in total. The molecule has 0 radical (unpaired) electrons. The molecule has 158 valence electrons. The zero-order chi connectivity index (χ0) is 19.5. The molecule has 1 heterocycles. The molecule has 28 heavy (non-hydrogen) atoms. The Hall–Kier alpha value is -0.580. The molecule has 0 spiro atoms. The second kappa shape index (κ2) is 9.95. The third-order valence-corrected chi connectivity index (χ3v) is 7.25. The third kappa shape index (κ3) is 6.21. The highest BCUT2D eigenvalue weighted by molar-refractivity contribution is 14.0. The number of rotatable bonds is 6. The monoisotopic (exact) mass is 540 g/mol. The summed E-state index contributed by atoms with van der Waals surface area (Å²) in [6, 6.07) is 8.12. The van der Waals surface area contributed by atoms with Crippen LogP contribution in [0.1, 0.15) is 31.2 Å². The van der Waals surface area contributed by atoms with Crippen LogP contribution in [0.4, 0.5) is 0 Å². The molecule has 0 amide bonds. The van der Waals surface area contributed by atoms with E-state index in [1.54, 1.807) is 11.4 Å². The summed E-state index contributed by atoms with van der Waals surface area (Å²) in [4.78, 5) is 4.33. The Labute approximate surface area is 190 Å². The summed E-state index contributed by atoms with van der Waals surface area (Å²) in [6.07, 6.45) is 5.35. The van der Waals surface area contributed by atoms with Crippen LogP contribution in [-0.2, 0) is 15.4 Å². The first-order chi connectivity index (χ1) is 12.8. The summed E-state index contributed by atoms with van der Waals surface area (Å²) < 4.78 is 24.8. The van der Waals surface area contributed by atoms with Gasteiger partial charge < -0.3 is 10.6 Å². The molecule has 1 saturated heterocycles. The molecule has 3 rings (SSSR count). The first-order valence-electron chi connectivity index (χ1n) is 9.48. The Balaban J connectivity index is 0.00000280. The van der Waals surface area contributed by atoms with Crippen molar-refractivity contribution in [3.8, 4) is 0 Å². The van der Waals surface area contributed by atoms with Crippen molar-refractivity contribution in [3.05, 3.63) is 34.9 Å². The summed E-state index contributed by atoms with van der Waals surface area (Å²) in [5.74, 6) is 1.26. The number of hydrogen-bond acceptors (Lipinski definition) is 3. The Kier molecular flexibility index (Phi) is 8.42. The maximum atomic E-state index is 11.6. The second-order valence-electron chi connectivity index (χ2n) is 7.70. The van der Waals surface area contributed by atoms with Gasteiger partial charge in [0.15, 0.2) is 5.96 Å². The van der Waals surface area contributed by atoms with Gasteiger partial charge in [0.05, 0.1) is 6.26 Å². The molecule has 2 fully saturated rings. The molecule has 2 aliphatic rings. The highest BCUT2D eigenvalue weighted by Gasteiger charge is 2.44. The molecular formula is C19H30ClIN4O2S. The van der Waals surface area contributed by atoms with Gasteiger partial charge in [-0.15, -0.1) is 24.0 Å². The van der Waals surface area contributed by atoms with Crippen molar-refractivity contribution in [2.45, 2.75) is 31.1 Å². The molecular weight excluding hydrogens is 511 g/mol. The number of hydrogen-bond donors (Lipinski definition) is 2. The Morgan fingerprint density at radius 3 is 2.50 bits per heavy atom. The van der Waals surface area contributed by atoms with Gasteiger partial charge in [-0.1, -0.05) is 23.7 Å². The van der Waals surface area contributed by atoms with Gasteiger partial charge in [0.2, 0.25) is 10.0 Å². The van der Waals surface area contributed by atoms with Crippen LogP contribution in [-0.4, -0.2) is 58.2 Å². The number of nitrogens with one attached hydrogen (secondary N) is 2. The van der Waals surface area contributed by atoms with Gasteiger partial charge in [-0.05, 0) is 49.3 Å². The molecule has 1 aliphatic carbocycles. The standard InChI is InChI=1S/C19H29ClN4O2S.HI/c1-21-18(22-13-15-6-10-24(11-7-15)27(2,25)26)23-14-19(8-9-19)16-4-3-5-17(20)12-16;/h3-5,12,15H,6-11,13-14H2,1-2H3,(H2,21,22,23);1H. The molecule has 1 aromatic carbocycles. The maximum absolute atomic E-state index is 11.6. The van der Waals surface area contributed by atoms with Crippen LogP contribution in [0, 0.1) is 5.92 Å². The van der Waals surface area contributed by atoms with Crippen LogP contribution < -0.4 is 10.6 Å². The average Bonchev–Trinajstić information content (AvgIpc) is 3.43. The van der Waals surface area contributed by atoms with Crippen molar-refractivity contribution in [1.29, 1.82) is 0 Å². The number of aliphatic imine (C=N–C) groups is 1. The summed E-state index contributed by atoms with van der Waals surface area (Å²) in [5.41, 5.74) is 1.44. The van der Waals surface area contributed by atoms with E-state index in [4.69, 9.17) is 11.6 Å². The van der Waals surface area contributed by atoms with E-state index >= 15 is 0 Å². The van der Waals surface area contributed by atoms with Gasteiger partial charge in [0, 0.05) is 43.7 Å². The second-order valence-corrected chi connectivity index (χ2v) is 10.1. The van der Waals surface area contributed by atoms with Crippen LogP contribution >= 0.6 is 35.6 Å². The highest BCUT2D eigenvalue weighted by Crippen LogP contribution is 2.48. The highest BCUT2D eigenvalue weighted by atomic mass is 127. The van der Waals surface area contributed by atoms with E-state index in [-0.39, 0.29) is 29.4 Å². The third-order valence-electron chi connectivity index (χ3n) is 5.71. The lowest BCUT2D eigenvalue weighted by atomic mass is 9.96. The normalized spacial score (nSPS) is 20.3. The van der Waals surface area contributed by atoms with Gasteiger partial charge in [-0.2, -0.15) is 0 Å². The van der Waals surface area contributed by atoms with Crippen molar-refractivity contribution in [2.75, 3.05) is 39.5 Å². The molecule has 9 heteroatoms. The van der Waals surface area contributed by atoms with Crippen LogP contribution in [0.25, 0.3) is 0 Å². The van der Waals surface area contributed by atoms with Crippen molar-refractivity contribution < 1.29 is 8.42 Å². The number of halogens is 2. The lowest BCUT2D eigenvalue weighted by molar-refractivity contribution is 0.275. The lowest BCUT2D eigenvalue weighted by Gasteiger charge is -2.30. The van der Waals surface area contributed by atoms with E-state index in [0.29, 0.717) is 19.0 Å². The number of sulfonamides is 1. The first-order valence-corrected chi connectivity index (χ1v) is 11.7. The topological polar surface area (TPSA) is 73.8 Å². The fourth-order valence-corrected chi connectivity index (χ4v) is 4.76. The summed E-state index contributed by atoms with van der Waals surface area (Å²) >= 11 is 6.15. The minimum atomic E-state index is -3.07. The van der Waals surface area contributed by atoms with Crippen molar-refractivity contribution in [1.82, 2.24) is 14.9 Å². The smallest absolute Gasteiger partial charge is 0.211 e. The average molecular weight is 541 g/mol. The molecule has 0 atom stereocenters. The van der Waals surface area contributed by atoms with Gasteiger partial charge >= 0.3 is 0 Å². The predicted molar refractivity (Wildman–Crippen MR) is 126 cm³/mol. The minimum Gasteiger partial charge on any atom is -0.356 e. The lowest BCUT2D eigenvalue weighted by Crippen LogP contribution is -2.45. The SMILES string of the molecule is CN=C(NCC1CCN(S(C)(=O)=O)CC1)NCC1(c2cccc(Cl)c2)CC1.I. The molecule has 1 saturated carbocycles. The molecule has 2 N–H and O–H groups in total. The van der Waals surface area contributed by atoms with E-state index in [0.717, 1.165) is 49.8 Å². The van der Waals surface area contributed by atoms with E-state index in [1.807, 2.05) is 12.1 Å². The van der Waals surface area contributed by atoms with Crippen molar-refractivity contribution in [3.63, 3.8) is 0 Å². The van der Waals surface area contributed by atoms with Crippen molar-refractivity contribution in [2.24, 2.45) is 10.9 Å². The number of piperidine rings is 1. The van der Waals surface area contributed by atoms with Gasteiger partial charge in [-0.25, -0.2) is 12.7 Å². The molecule has 0 unspecified atom stereocenters. The fraction of sp³-hybridized carbons (Fsp3) is 0.632. The summed E-state index contributed by atoms with van der Waals surface area (Å²) in [6.45, 7) is 2.85. The molecule has 1 aromatic rings. The predicted octanol–water partition coefficient (Wildman–Crippen LogP) is 2.83. The first kappa shape index (κ1) is 23.7. The molecule has 1 aliphatic heterocycles. The zero-order valence-corrected chi connectivity index (χ0v) is 20.4. The number of benzene rings is 1. The van der Waals surface area contributed by atoms with Crippen LogP contribution in [0.3, 0.4) is 0 Å². The minimum absolute atomic E-state index is 0. The van der Waals surface area contributed by atoms with Gasteiger partial charge in [-0.3, -0.25) is 4.99 Å². The summed E-state index contributed by atoms with van der Waals surface area (Å²) in [7, 11) is -1.29. The van der Waals surface area contributed by atoms with Gasteiger partial charge in [0.25, 0.3) is 0 Å². The van der Waals surface area contributed by atoms with E-state index in [9.17, 15) is 8.42 Å². The van der Waals surface area contributed by atoms with Gasteiger partial charge in [0.1, 0.15) is 0 Å². The Bertz CT molecular complexity index is 791. The number of guanidine groups is 1. The fourth-order valence-electron chi connectivity index (χ4n) is 3.70. The molecule has 0 aromatic heterocycles. The zero-order valence-electron chi connectivity index (χ0n) is 16.4. The van der Waals surface area contributed by atoms with Crippen LogP contribution in [0.2, 0.25) is 5.02 Å². The Morgan fingerprint density at radius 2 is 1.96 bits per heavy atom. The largest absolute Gasteiger partial charge is 0.356 e.